The molecule has 3 amide bonds. The number of piperidine rings is 1. The van der Waals surface area contributed by atoms with Gasteiger partial charge < -0.3 is 14.4 Å². The minimum absolute atomic E-state index is 0.0842. The van der Waals surface area contributed by atoms with Gasteiger partial charge >= 0.3 is 0 Å². The number of imide groups is 1. The number of hydrogen-bond donors (Lipinski definition) is 0. The third kappa shape index (κ3) is 2.54. The molecule has 0 N–H and O–H groups in total. The van der Waals surface area contributed by atoms with E-state index in [0.717, 1.165) is 0 Å². The van der Waals surface area contributed by atoms with Crippen molar-refractivity contribution in [2.24, 2.45) is 0 Å². The SMILES string of the molecule is O=C(c1ccc2c(c1)OCO2)N1CCC(N2C(=O)c3ccccc3C2=O)CC1. The van der Waals surface area contributed by atoms with Crippen LogP contribution < -0.4 is 9.47 Å². The number of carbonyl (C=O) groups excluding carboxylic acids is 3. The molecule has 2 aromatic rings. The van der Waals surface area contributed by atoms with Crippen molar-refractivity contribution < 1.29 is 23.9 Å². The van der Waals surface area contributed by atoms with E-state index in [1.165, 1.54) is 4.90 Å². The van der Waals surface area contributed by atoms with E-state index in [1.807, 2.05) is 0 Å². The molecule has 0 spiro atoms. The summed E-state index contributed by atoms with van der Waals surface area (Å²) in [6, 6.07) is 11.9. The molecule has 0 radical (unpaired) electrons. The summed E-state index contributed by atoms with van der Waals surface area (Å²) in [5.41, 5.74) is 1.47. The fourth-order valence-electron chi connectivity index (χ4n) is 4.08. The van der Waals surface area contributed by atoms with Gasteiger partial charge in [-0.3, -0.25) is 19.3 Å². The van der Waals surface area contributed by atoms with Gasteiger partial charge in [0.1, 0.15) is 0 Å². The van der Waals surface area contributed by atoms with Gasteiger partial charge in [-0.2, -0.15) is 0 Å². The van der Waals surface area contributed by atoms with E-state index in [2.05, 4.69) is 0 Å². The molecule has 0 aliphatic carbocycles. The van der Waals surface area contributed by atoms with E-state index in [-0.39, 0.29) is 30.6 Å². The molecule has 7 nitrogen and oxygen atoms in total. The molecule has 142 valence electrons. The maximum Gasteiger partial charge on any atom is 0.261 e. The Bertz CT molecular complexity index is 959. The molecular weight excluding hydrogens is 360 g/mol. The van der Waals surface area contributed by atoms with Gasteiger partial charge in [0, 0.05) is 24.7 Å². The Morgan fingerprint density at radius 3 is 2.21 bits per heavy atom. The molecule has 7 heteroatoms. The summed E-state index contributed by atoms with van der Waals surface area (Å²) in [4.78, 5) is 41.2. The maximum absolute atomic E-state index is 12.8. The summed E-state index contributed by atoms with van der Waals surface area (Å²) < 4.78 is 10.6. The molecule has 1 fully saturated rings. The predicted molar refractivity (Wildman–Crippen MR) is 98.4 cm³/mol. The molecule has 0 atom stereocenters. The van der Waals surface area contributed by atoms with Crippen molar-refractivity contribution in [3.8, 4) is 11.5 Å². The molecule has 3 heterocycles. The lowest BCUT2D eigenvalue weighted by Gasteiger charge is -2.35. The van der Waals surface area contributed by atoms with E-state index in [1.54, 1.807) is 47.4 Å². The Balaban J connectivity index is 1.28. The van der Waals surface area contributed by atoms with Crippen LogP contribution >= 0.6 is 0 Å². The summed E-state index contributed by atoms with van der Waals surface area (Å²) in [5, 5.41) is 0. The average molecular weight is 378 g/mol. The van der Waals surface area contributed by atoms with Crippen LogP contribution in [0.15, 0.2) is 42.5 Å². The zero-order valence-corrected chi connectivity index (χ0v) is 15.1. The Kier molecular flexibility index (Phi) is 3.82. The van der Waals surface area contributed by atoms with Crippen molar-refractivity contribution >= 4 is 17.7 Å². The number of carbonyl (C=O) groups is 3. The first-order valence-electron chi connectivity index (χ1n) is 9.29. The summed E-state index contributed by atoms with van der Waals surface area (Å²) in [5.74, 6) is 0.661. The highest BCUT2D eigenvalue weighted by Crippen LogP contribution is 2.33. The lowest BCUT2D eigenvalue weighted by molar-refractivity contribution is 0.0478. The summed E-state index contributed by atoms with van der Waals surface area (Å²) in [6.45, 7) is 1.15. The number of likely N-dealkylation sites (tertiary alicyclic amines) is 1. The second kappa shape index (κ2) is 6.37. The topological polar surface area (TPSA) is 76.2 Å². The number of amides is 3. The van der Waals surface area contributed by atoms with E-state index < -0.39 is 0 Å². The first-order valence-corrected chi connectivity index (χ1v) is 9.29. The third-order valence-corrected chi connectivity index (χ3v) is 5.56. The van der Waals surface area contributed by atoms with Gasteiger partial charge in [0.25, 0.3) is 17.7 Å². The van der Waals surface area contributed by atoms with Crippen LogP contribution in [0.4, 0.5) is 0 Å². The van der Waals surface area contributed by atoms with Gasteiger partial charge in [0.2, 0.25) is 6.79 Å². The Morgan fingerprint density at radius 2 is 1.54 bits per heavy atom. The smallest absolute Gasteiger partial charge is 0.261 e. The van der Waals surface area contributed by atoms with Crippen LogP contribution in [-0.2, 0) is 0 Å². The fourth-order valence-corrected chi connectivity index (χ4v) is 4.08. The van der Waals surface area contributed by atoms with E-state index in [0.29, 0.717) is 54.1 Å². The molecule has 0 bridgehead atoms. The first kappa shape index (κ1) is 16.8. The van der Waals surface area contributed by atoms with Gasteiger partial charge in [0.05, 0.1) is 11.1 Å². The van der Waals surface area contributed by atoms with Crippen molar-refractivity contribution in [2.45, 2.75) is 18.9 Å². The number of rotatable bonds is 2. The predicted octanol–water partition coefficient (Wildman–Crippen LogP) is 2.32. The molecule has 3 aliphatic heterocycles. The quantitative estimate of drug-likeness (QED) is 0.750. The van der Waals surface area contributed by atoms with Crippen LogP contribution in [0.5, 0.6) is 11.5 Å². The van der Waals surface area contributed by atoms with Crippen LogP contribution in [0, 0.1) is 0 Å². The van der Waals surface area contributed by atoms with E-state index >= 15 is 0 Å². The molecule has 1 saturated heterocycles. The van der Waals surface area contributed by atoms with Crippen LogP contribution in [-0.4, -0.2) is 53.4 Å². The maximum atomic E-state index is 12.8. The highest BCUT2D eigenvalue weighted by Gasteiger charge is 2.41. The monoisotopic (exact) mass is 378 g/mol. The number of nitrogens with zero attached hydrogens (tertiary/aromatic N) is 2. The number of fused-ring (bicyclic) bond motifs is 2. The zero-order valence-electron chi connectivity index (χ0n) is 15.1. The number of hydrogen-bond acceptors (Lipinski definition) is 5. The van der Waals surface area contributed by atoms with Gasteiger partial charge in [-0.1, -0.05) is 12.1 Å². The van der Waals surface area contributed by atoms with Crippen molar-refractivity contribution in [3.05, 3.63) is 59.2 Å². The fraction of sp³-hybridized carbons (Fsp3) is 0.286. The Hall–Kier alpha value is -3.35. The van der Waals surface area contributed by atoms with Gasteiger partial charge in [-0.05, 0) is 43.2 Å². The minimum Gasteiger partial charge on any atom is -0.454 e. The van der Waals surface area contributed by atoms with Crippen LogP contribution in [0.2, 0.25) is 0 Å². The first-order chi connectivity index (χ1) is 13.6. The summed E-state index contributed by atoms with van der Waals surface area (Å²) in [6.07, 6.45) is 1.14. The van der Waals surface area contributed by atoms with Crippen molar-refractivity contribution in [2.75, 3.05) is 19.9 Å². The Morgan fingerprint density at radius 1 is 0.893 bits per heavy atom. The van der Waals surface area contributed by atoms with Crippen molar-refractivity contribution in [1.29, 1.82) is 0 Å². The van der Waals surface area contributed by atoms with E-state index in [9.17, 15) is 14.4 Å². The highest BCUT2D eigenvalue weighted by molar-refractivity contribution is 6.21. The largest absolute Gasteiger partial charge is 0.454 e. The van der Waals surface area contributed by atoms with Crippen molar-refractivity contribution in [3.63, 3.8) is 0 Å². The lowest BCUT2D eigenvalue weighted by atomic mass is 10.0. The standard InChI is InChI=1S/C21H18N2O5/c24-19(13-5-6-17-18(11-13)28-12-27-17)22-9-7-14(8-10-22)23-20(25)15-3-1-2-4-16(15)21(23)26/h1-6,11,14H,7-10,12H2. The molecule has 3 aliphatic rings. The summed E-state index contributed by atoms with van der Waals surface area (Å²) >= 11 is 0. The molecule has 0 saturated carbocycles. The van der Waals surface area contributed by atoms with Gasteiger partial charge in [-0.25, -0.2) is 0 Å². The molecule has 2 aromatic carbocycles. The van der Waals surface area contributed by atoms with Gasteiger partial charge in [0.15, 0.2) is 11.5 Å². The summed E-state index contributed by atoms with van der Waals surface area (Å²) in [7, 11) is 0. The highest BCUT2D eigenvalue weighted by atomic mass is 16.7. The van der Waals surface area contributed by atoms with Crippen molar-refractivity contribution in [1.82, 2.24) is 9.80 Å². The number of benzene rings is 2. The average Bonchev–Trinajstić information content (AvgIpc) is 3.30. The van der Waals surface area contributed by atoms with Crippen LogP contribution in [0.25, 0.3) is 0 Å². The third-order valence-electron chi connectivity index (χ3n) is 5.56. The second-order valence-electron chi connectivity index (χ2n) is 7.12. The van der Waals surface area contributed by atoms with Crippen LogP contribution in [0.1, 0.15) is 43.9 Å². The normalized spacial score (nSPS) is 18.6. The van der Waals surface area contributed by atoms with Crippen LogP contribution in [0.3, 0.4) is 0 Å². The zero-order chi connectivity index (χ0) is 19.3. The molecule has 0 aromatic heterocycles. The van der Waals surface area contributed by atoms with Gasteiger partial charge in [-0.15, -0.1) is 0 Å². The van der Waals surface area contributed by atoms with E-state index in [4.69, 9.17) is 9.47 Å². The Labute approximate surface area is 161 Å². The minimum atomic E-state index is -0.235. The molecular formula is C21H18N2O5. The number of ether oxygens (including phenoxy) is 2. The molecule has 28 heavy (non-hydrogen) atoms. The molecule has 0 unspecified atom stereocenters. The molecule has 5 rings (SSSR count). The lowest BCUT2D eigenvalue weighted by Crippen LogP contribution is -2.48. The second-order valence-corrected chi connectivity index (χ2v) is 7.12.